The number of nitrogens with one attached hydrogen (secondary N) is 1. The van der Waals surface area contributed by atoms with Gasteiger partial charge in [-0.1, -0.05) is 29.8 Å². The number of anilines is 1. The van der Waals surface area contributed by atoms with Crippen molar-refractivity contribution in [1.82, 2.24) is 0 Å². The summed E-state index contributed by atoms with van der Waals surface area (Å²) in [6.45, 7) is 7.69. The highest BCUT2D eigenvalue weighted by Crippen LogP contribution is 2.24. The average molecular weight is 257 g/mol. The van der Waals surface area contributed by atoms with Gasteiger partial charge < -0.3 is 11.1 Å². The van der Waals surface area contributed by atoms with Crippen molar-refractivity contribution in [3.05, 3.63) is 27.7 Å². The Balaban J connectivity index is 0.000000791. The predicted molar refractivity (Wildman–Crippen MR) is 67.1 cm³/mol. The number of nitrogens with two attached hydrogens (primary N) is 1. The summed E-state index contributed by atoms with van der Waals surface area (Å²) in [6, 6.07) is 3.71. The van der Waals surface area contributed by atoms with Gasteiger partial charge in [-0.2, -0.15) is 0 Å². The van der Waals surface area contributed by atoms with Gasteiger partial charge in [0.15, 0.2) is 0 Å². The largest absolute Gasteiger partial charge is 0.398 e. The van der Waals surface area contributed by atoms with E-state index >= 15 is 0 Å². The van der Waals surface area contributed by atoms with Crippen molar-refractivity contribution in [2.45, 2.75) is 27.7 Å². The van der Waals surface area contributed by atoms with E-state index in [1.807, 2.05) is 32.9 Å². The van der Waals surface area contributed by atoms with Crippen LogP contribution in [0.3, 0.4) is 0 Å². The Morgan fingerprint density at radius 2 is 1.86 bits per heavy atom. The van der Waals surface area contributed by atoms with Crippen LogP contribution in [0.25, 0.3) is 0 Å². The van der Waals surface area contributed by atoms with E-state index in [1.54, 1.807) is 6.92 Å². The number of hydrogen-bond acceptors (Lipinski definition) is 2. The molecule has 0 saturated heterocycles. The molecule has 3 N–H and O–H groups in total. The van der Waals surface area contributed by atoms with Crippen molar-refractivity contribution < 1.29 is 0 Å². The van der Waals surface area contributed by atoms with Crippen LogP contribution in [0.1, 0.15) is 31.9 Å². The van der Waals surface area contributed by atoms with Crippen molar-refractivity contribution >= 4 is 27.3 Å². The maximum atomic E-state index is 7.51. The molecule has 14 heavy (non-hydrogen) atoms. The molecule has 78 valence electrons. The van der Waals surface area contributed by atoms with Crippen LogP contribution in [0.4, 0.5) is 5.69 Å². The zero-order valence-electron chi connectivity index (χ0n) is 9.11. The fraction of sp³-hybridized carbons (Fsp3) is 0.364. The highest BCUT2D eigenvalue weighted by Gasteiger charge is 2.07. The molecule has 1 aromatic carbocycles. The average Bonchev–Trinajstić information content (AvgIpc) is 2.15. The highest BCUT2D eigenvalue weighted by atomic mass is 79.9. The van der Waals surface area contributed by atoms with E-state index in [-0.39, 0.29) is 0 Å². The summed E-state index contributed by atoms with van der Waals surface area (Å²) in [5.74, 6) is 0. The van der Waals surface area contributed by atoms with Gasteiger partial charge in [-0.15, -0.1) is 0 Å². The van der Waals surface area contributed by atoms with E-state index in [4.69, 9.17) is 11.1 Å². The lowest BCUT2D eigenvalue weighted by atomic mass is 10.0. The molecule has 2 nitrogen and oxygen atoms in total. The number of hydrogen-bond donors (Lipinski definition) is 2. The van der Waals surface area contributed by atoms with Gasteiger partial charge in [0.05, 0.1) is 0 Å². The molecule has 0 aliphatic rings. The van der Waals surface area contributed by atoms with Crippen molar-refractivity contribution in [3.8, 4) is 0 Å². The van der Waals surface area contributed by atoms with Gasteiger partial charge >= 0.3 is 0 Å². The Morgan fingerprint density at radius 3 is 2.21 bits per heavy atom. The SMILES string of the molecule is CC.CC(=N)c1c(N)ccc(Br)c1C. The second kappa shape index (κ2) is 5.81. The molecule has 1 aromatic rings. The molecule has 0 saturated carbocycles. The Hall–Kier alpha value is -0.830. The minimum Gasteiger partial charge on any atom is -0.398 e. The smallest absolute Gasteiger partial charge is 0.0409 e. The Labute approximate surface area is 94.2 Å². The second-order valence-electron chi connectivity index (χ2n) is 2.76. The zero-order chi connectivity index (χ0) is 11.3. The first kappa shape index (κ1) is 13.2. The number of nitrogen functional groups attached to an aromatic ring is 1. The summed E-state index contributed by atoms with van der Waals surface area (Å²) < 4.78 is 0.998. The van der Waals surface area contributed by atoms with Gasteiger partial charge in [0, 0.05) is 21.4 Å². The Morgan fingerprint density at radius 1 is 1.36 bits per heavy atom. The summed E-state index contributed by atoms with van der Waals surface area (Å²) in [5.41, 5.74) is 8.77. The molecular weight excluding hydrogens is 240 g/mol. The normalized spacial score (nSPS) is 8.93. The Bertz CT molecular complexity index is 332. The maximum absolute atomic E-state index is 7.51. The number of halogens is 1. The summed E-state index contributed by atoms with van der Waals surface area (Å²) in [4.78, 5) is 0. The van der Waals surface area contributed by atoms with Crippen LogP contribution < -0.4 is 5.73 Å². The first-order valence-corrected chi connectivity index (χ1v) is 5.43. The minimum atomic E-state index is 0.506. The van der Waals surface area contributed by atoms with E-state index in [0.29, 0.717) is 11.4 Å². The van der Waals surface area contributed by atoms with Crippen LogP contribution >= 0.6 is 15.9 Å². The molecule has 0 fully saturated rings. The van der Waals surface area contributed by atoms with Crippen LogP contribution in [-0.4, -0.2) is 5.71 Å². The molecule has 0 aliphatic heterocycles. The van der Waals surface area contributed by atoms with Gasteiger partial charge in [-0.25, -0.2) is 0 Å². The van der Waals surface area contributed by atoms with Gasteiger partial charge in [0.25, 0.3) is 0 Å². The molecule has 0 amide bonds. The summed E-state index contributed by atoms with van der Waals surface area (Å²) in [7, 11) is 0. The van der Waals surface area contributed by atoms with Crippen molar-refractivity contribution in [2.75, 3.05) is 5.73 Å². The van der Waals surface area contributed by atoms with E-state index in [1.165, 1.54) is 0 Å². The van der Waals surface area contributed by atoms with Gasteiger partial charge in [0.2, 0.25) is 0 Å². The van der Waals surface area contributed by atoms with E-state index in [0.717, 1.165) is 15.6 Å². The third kappa shape index (κ3) is 2.84. The first-order valence-electron chi connectivity index (χ1n) is 4.64. The van der Waals surface area contributed by atoms with Crippen molar-refractivity contribution in [2.24, 2.45) is 0 Å². The van der Waals surface area contributed by atoms with Gasteiger partial charge in [-0.3, -0.25) is 0 Å². The zero-order valence-corrected chi connectivity index (χ0v) is 10.7. The lowest BCUT2D eigenvalue weighted by Gasteiger charge is -2.08. The molecule has 0 spiro atoms. The number of rotatable bonds is 1. The van der Waals surface area contributed by atoms with Crippen molar-refractivity contribution in [1.29, 1.82) is 5.41 Å². The van der Waals surface area contributed by atoms with Crippen LogP contribution in [0, 0.1) is 12.3 Å². The first-order chi connectivity index (χ1) is 6.54. The lowest BCUT2D eigenvalue weighted by Crippen LogP contribution is -2.02. The van der Waals surface area contributed by atoms with E-state index in [2.05, 4.69) is 15.9 Å². The standard InChI is InChI=1S/C9H11BrN2.C2H6/c1-5-7(10)3-4-8(12)9(5)6(2)11;1-2/h3-4,11H,12H2,1-2H3;1-2H3. The molecule has 1 rings (SSSR count). The molecular formula is C11H17BrN2. The van der Waals surface area contributed by atoms with Crippen LogP contribution in [-0.2, 0) is 0 Å². The van der Waals surface area contributed by atoms with E-state index in [9.17, 15) is 0 Å². The van der Waals surface area contributed by atoms with Crippen molar-refractivity contribution in [3.63, 3.8) is 0 Å². The molecule has 0 atom stereocenters. The molecule has 0 aromatic heterocycles. The minimum absolute atomic E-state index is 0.506. The molecule has 0 bridgehead atoms. The molecule has 0 radical (unpaired) electrons. The molecule has 0 heterocycles. The van der Waals surface area contributed by atoms with Crippen LogP contribution in [0.15, 0.2) is 16.6 Å². The molecule has 3 heteroatoms. The van der Waals surface area contributed by atoms with Crippen LogP contribution in [0.2, 0.25) is 0 Å². The van der Waals surface area contributed by atoms with Gasteiger partial charge in [-0.05, 0) is 31.5 Å². The predicted octanol–water partition coefficient (Wildman–Crippen LogP) is 3.75. The lowest BCUT2D eigenvalue weighted by molar-refractivity contribution is 1.36. The molecule has 0 aliphatic carbocycles. The maximum Gasteiger partial charge on any atom is 0.0409 e. The number of benzene rings is 1. The Kier molecular flexibility index (Phi) is 5.46. The van der Waals surface area contributed by atoms with E-state index < -0.39 is 0 Å². The fourth-order valence-electron chi connectivity index (χ4n) is 1.20. The topological polar surface area (TPSA) is 49.9 Å². The summed E-state index contributed by atoms with van der Waals surface area (Å²) >= 11 is 3.40. The third-order valence-corrected chi connectivity index (χ3v) is 2.67. The summed E-state index contributed by atoms with van der Waals surface area (Å²) in [5, 5.41) is 7.51. The van der Waals surface area contributed by atoms with Crippen LogP contribution in [0.5, 0.6) is 0 Å². The summed E-state index contributed by atoms with van der Waals surface area (Å²) in [6.07, 6.45) is 0. The monoisotopic (exact) mass is 256 g/mol. The fourth-order valence-corrected chi connectivity index (χ4v) is 1.54. The van der Waals surface area contributed by atoms with Gasteiger partial charge in [0.1, 0.15) is 0 Å². The highest BCUT2D eigenvalue weighted by molar-refractivity contribution is 9.10. The second-order valence-corrected chi connectivity index (χ2v) is 3.62. The molecule has 0 unspecified atom stereocenters. The quantitative estimate of drug-likeness (QED) is 0.584. The third-order valence-electron chi connectivity index (χ3n) is 1.81.